The molecule has 0 aliphatic carbocycles. The number of piperazine rings is 1. The van der Waals surface area contributed by atoms with E-state index in [1.54, 1.807) is 7.11 Å². The summed E-state index contributed by atoms with van der Waals surface area (Å²) in [4.78, 5) is 19.1. The molecule has 2 heterocycles. The average molecular weight is 331 g/mol. The maximum absolute atomic E-state index is 12.3. The molecule has 0 aromatic heterocycles. The lowest BCUT2D eigenvalue weighted by molar-refractivity contribution is -0.132. The van der Waals surface area contributed by atoms with Gasteiger partial charge in [0.05, 0.1) is 7.11 Å². The van der Waals surface area contributed by atoms with E-state index in [0.29, 0.717) is 12.3 Å². The molecule has 2 saturated heterocycles. The van der Waals surface area contributed by atoms with Crippen molar-refractivity contribution >= 4 is 11.6 Å². The van der Waals surface area contributed by atoms with Crippen LogP contribution in [0.15, 0.2) is 24.3 Å². The van der Waals surface area contributed by atoms with Gasteiger partial charge in [-0.2, -0.15) is 0 Å². The summed E-state index contributed by atoms with van der Waals surface area (Å²) >= 11 is 0. The maximum atomic E-state index is 12.3. The summed E-state index contributed by atoms with van der Waals surface area (Å²) in [6, 6.07) is 8.26. The quantitative estimate of drug-likeness (QED) is 0.829. The minimum Gasteiger partial charge on any atom is -0.497 e. The van der Waals surface area contributed by atoms with Crippen molar-refractivity contribution in [2.75, 3.05) is 57.8 Å². The number of nitrogens with zero attached hydrogens (tertiary/aromatic N) is 3. The summed E-state index contributed by atoms with van der Waals surface area (Å²) in [6.45, 7) is 6.91. The molecule has 0 bridgehead atoms. The third-order valence-electron chi connectivity index (χ3n) is 5.16. The molecular weight excluding hydrogens is 302 g/mol. The second-order valence-electron chi connectivity index (χ2n) is 6.72. The number of carbonyl (C=O) groups excluding carboxylic acids is 1. The Hall–Kier alpha value is -1.75. The van der Waals surface area contributed by atoms with E-state index in [1.165, 1.54) is 24.9 Å². The Morgan fingerprint density at radius 2 is 1.62 bits per heavy atom. The average Bonchev–Trinajstić information content (AvgIpc) is 2.67. The lowest BCUT2D eigenvalue weighted by Crippen LogP contribution is -2.47. The Morgan fingerprint density at radius 1 is 0.958 bits per heavy atom. The van der Waals surface area contributed by atoms with Gasteiger partial charge in [0.1, 0.15) is 5.75 Å². The first-order chi connectivity index (χ1) is 11.8. The zero-order valence-electron chi connectivity index (χ0n) is 14.7. The van der Waals surface area contributed by atoms with Gasteiger partial charge in [-0.3, -0.25) is 9.69 Å². The summed E-state index contributed by atoms with van der Waals surface area (Å²) in [6.07, 6.45) is 4.29. The van der Waals surface area contributed by atoms with Crippen LogP contribution in [0.1, 0.15) is 25.7 Å². The van der Waals surface area contributed by atoms with Gasteiger partial charge in [-0.1, -0.05) is 0 Å². The molecule has 0 atom stereocenters. The third kappa shape index (κ3) is 4.41. The topological polar surface area (TPSA) is 36.0 Å². The Morgan fingerprint density at radius 3 is 2.25 bits per heavy atom. The van der Waals surface area contributed by atoms with Crippen molar-refractivity contribution in [2.45, 2.75) is 25.7 Å². The molecule has 2 aliphatic rings. The molecular formula is C19H29N3O2. The number of amides is 1. The van der Waals surface area contributed by atoms with E-state index in [4.69, 9.17) is 4.74 Å². The van der Waals surface area contributed by atoms with Gasteiger partial charge in [-0.05, 0) is 43.5 Å². The lowest BCUT2D eigenvalue weighted by Gasteiger charge is -2.36. The molecule has 24 heavy (non-hydrogen) atoms. The van der Waals surface area contributed by atoms with Gasteiger partial charge in [0.15, 0.2) is 0 Å². The van der Waals surface area contributed by atoms with Gasteiger partial charge < -0.3 is 14.5 Å². The molecule has 5 nitrogen and oxygen atoms in total. The number of anilines is 1. The minimum absolute atomic E-state index is 0.340. The standard InChI is InChI=1S/C19H29N3O2/c1-24-18-7-5-17(6-8-18)21-15-13-20(14-16-21)12-9-19(23)22-10-3-2-4-11-22/h5-8H,2-4,9-16H2,1H3. The Balaban J connectivity index is 1.40. The molecule has 0 saturated carbocycles. The maximum Gasteiger partial charge on any atom is 0.223 e. The zero-order valence-corrected chi connectivity index (χ0v) is 14.7. The van der Waals surface area contributed by atoms with Crippen LogP contribution in [0.25, 0.3) is 0 Å². The smallest absolute Gasteiger partial charge is 0.223 e. The van der Waals surface area contributed by atoms with Crippen molar-refractivity contribution in [2.24, 2.45) is 0 Å². The van der Waals surface area contributed by atoms with Crippen LogP contribution >= 0.6 is 0 Å². The van der Waals surface area contributed by atoms with Crippen LogP contribution in [0.3, 0.4) is 0 Å². The molecule has 0 unspecified atom stereocenters. The van der Waals surface area contributed by atoms with Crippen LogP contribution in [0.2, 0.25) is 0 Å². The minimum atomic E-state index is 0.340. The lowest BCUT2D eigenvalue weighted by atomic mass is 10.1. The second kappa shape index (κ2) is 8.38. The molecule has 1 amide bonds. The van der Waals surface area contributed by atoms with E-state index in [1.807, 2.05) is 12.1 Å². The second-order valence-corrected chi connectivity index (χ2v) is 6.72. The number of hydrogen-bond acceptors (Lipinski definition) is 4. The van der Waals surface area contributed by atoms with Crippen molar-refractivity contribution in [3.8, 4) is 5.75 Å². The monoisotopic (exact) mass is 331 g/mol. The van der Waals surface area contributed by atoms with E-state index in [2.05, 4.69) is 26.8 Å². The highest BCUT2D eigenvalue weighted by atomic mass is 16.5. The fraction of sp³-hybridized carbons (Fsp3) is 0.632. The van der Waals surface area contributed by atoms with Crippen LogP contribution < -0.4 is 9.64 Å². The number of hydrogen-bond donors (Lipinski definition) is 0. The van der Waals surface area contributed by atoms with Crippen LogP contribution in [-0.2, 0) is 4.79 Å². The number of carbonyl (C=O) groups is 1. The molecule has 2 aliphatic heterocycles. The first-order valence-corrected chi connectivity index (χ1v) is 9.15. The largest absolute Gasteiger partial charge is 0.497 e. The number of rotatable bonds is 5. The number of ether oxygens (including phenoxy) is 1. The highest BCUT2D eigenvalue weighted by molar-refractivity contribution is 5.76. The molecule has 3 rings (SSSR count). The van der Waals surface area contributed by atoms with E-state index in [0.717, 1.165) is 51.6 Å². The first-order valence-electron chi connectivity index (χ1n) is 9.15. The number of methoxy groups -OCH3 is 1. The third-order valence-corrected chi connectivity index (χ3v) is 5.16. The highest BCUT2D eigenvalue weighted by Gasteiger charge is 2.20. The molecule has 0 N–H and O–H groups in total. The normalized spacial score (nSPS) is 19.4. The predicted octanol–water partition coefficient (Wildman–Crippen LogP) is 2.22. The van der Waals surface area contributed by atoms with Crippen molar-refractivity contribution in [1.29, 1.82) is 0 Å². The van der Waals surface area contributed by atoms with Crippen LogP contribution in [0, 0.1) is 0 Å². The summed E-state index contributed by atoms with van der Waals surface area (Å²) in [5, 5.41) is 0. The Labute approximate surface area is 145 Å². The molecule has 1 aromatic rings. The van der Waals surface area contributed by atoms with E-state index in [-0.39, 0.29) is 0 Å². The SMILES string of the molecule is COc1ccc(N2CCN(CCC(=O)N3CCCCC3)CC2)cc1. The number of likely N-dealkylation sites (tertiary alicyclic amines) is 1. The Kier molecular flexibility index (Phi) is 5.96. The van der Waals surface area contributed by atoms with Crippen LogP contribution in [0.5, 0.6) is 5.75 Å². The van der Waals surface area contributed by atoms with Crippen LogP contribution in [0.4, 0.5) is 5.69 Å². The molecule has 1 aromatic carbocycles. The van der Waals surface area contributed by atoms with Crippen LogP contribution in [-0.4, -0.2) is 68.6 Å². The Bertz CT molecular complexity index is 518. The van der Waals surface area contributed by atoms with Gasteiger partial charge in [0, 0.05) is 57.9 Å². The fourth-order valence-electron chi connectivity index (χ4n) is 3.58. The van der Waals surface area contributed by atoms with Gasteiger partial charge in [0.25, 0.3) is 0 Å². The van der Waals surface area contributed by atoms with E-state index in [9.17, 15) is 4.79 Å². The molecule has 0 radical (unpaired) electrons. The summed E-state index contributed by atoms with van der Waals surface area (Å²) in [5.74, 6) is 1.24. The number of piperidine rings is 1. The van der Waals surface area contributed by atoms with Gasteiger partial charge >= 0.3 is 0 Å². The summed E-state index contributed by atoms with van der Waals surface area (Å²) in [7, 11) is 1.69. The van der Waals surface area contributed by atoms with Gasteiger partial charge in [-0.15, -0.1) is 0 Å². The molecule has 132 valence electrons. The van der Waals surface area contributed by atoms with E-state index < -0.39 is 0 Å². The molecule has 2 fully saturated rings. The summed E-state index contributed by atoms with van der Waals surface area (Å²) in [5.41, 5.74) is 1.25. The van der Waals surface area contributed by atoms with Gasteiger partial charge in [0.2, 0.25) is 5.91 Å². The van der Waals surface area contributed by atoms with Crippen molar-refractivity contribution < 1.29 is 9.53 Å². The molecule has 0 spiro atoms. The highest BCUT2D eigenvalue weighted by Crippen LogP contribution is 2.20. The van der Waals surface area contributed by atoms with Crippen molar-refractivity contribution in [3.63, 3.8) is 0 Å². The van der Waals surface area contributed by atoms with Gasteiger partial charge in [-0.25, -0.2) is 0 Å². The first kappa shape index (κ1) is 17.1. The van der Waals surface area contributed by atoms with Crippen molar-refractivity contribution in [3.05, 3.63) is 24.3 Å². The fourth-order valence-corrected chi connectivity index (χ4v) is 3.58. The van der Waals surface area contributed by atoms with Crippen molar-refractivity contribution in [1.82, 2.24) is 9.80 Å². The molecule has 5 heteroatoms. The van der Waals surface area contributed by atoms with E-state index >= 15 is 0 Å². The number of benzene rings is 1. The zero-order chi connectivity index (χ0) is 16.8. The predicted molar refractivity (Wildman–Crippen MR) is 96.7 cm³/mol. The summed E-state index contributed by atoms with van der Waals surface area (Å²) < 4.78 is 5.22.